The molecule has 1 aromatic heterocycles. The van der Waals surface area contributed by atoms with Crippen LogP contribution in [0.1, 0.15) is 35.1 Å². The summed E-state index contributed by atoms with van der Waals surface area (Å²) >= 11 is 1.73. The highest BCUT2D eigenvalue weighted by molar-refractivity contribution is 7.10. The zero-order valence-electron chi connectivity index (χ0n) is 15.3. The predicted octanol–water partition coefficient (Wildman–Crippen LogP) is 3.34. The Balaban J connectivity index is 1.70. The lowest BCUT2D eigenvalue weighted by molar-refractivity contribution is 0.00969. The zero-order chi connectivity index (χ0) is 18.4. The standard InChI is InChI=1S/C20H26N2O3S/c1-3-25-17-8-6-16(7-9-17)20(23)21-15(2)19(18-5-4-14-26-18)22-10-12-24-13-11-22/h4-9,14-15,19H,3,10-13H2,1-2H3,(H,21,23)/t15-,19+/m0/s1. The summed E-state index contributed by atoms with van der Waals surface area (Å²) in [4.78, 5) is 16.4. The van der Waals surface area contributed by atoms with E-state index < -0.39 is 0 Å². The van der Waals surface area contributed by atoms with Crippen LogP contribution in [0, 0.1) is 0 Å². The molecule has 5 nitrogen and oxygen atoms in total. The molecule has 0 bridgehead atoms. The maximum Gasteiger partial charge on any atom is 0.251 e. The van der Waals surface area contributed by atoms with Crippen LogP contribution in [-0.4, -0.2) is 49.8 Å². The number of morpholine rings is 1. The Morgan fingerprint density at radius 3 is 2.62 bits per heavy atom. The lowest BCUT2D eigenvalue weighted by Gasteiger charge is -2.37. The zero-order valence-corrected chi connectivity index (χ0v) is 16.1. The van der Waals surface area contributed by atoms with E-state index in [0.717, 1.165) is 32.1 Å². The Morgan fingerprint density at radius 1 is 1.27 bits per heavy atom. The van der Waals surface area contributed by atoms with Gasteiger partial charge in [0.25, 0.3) is 5.91 Å². The van der Waals surface area contributed by atoms with Crippen molar-refractivity contribution < 1.29 is 14.3 Å². The van der Waals surface area contributed by atoms with Crippen molar-refractivity contribution >= 4 is 17.2 Å². The summed E-state index contributed by atoms with van der Waals surface area (Å²) in [5.74, 6) is 0.720. The summed E-state index contributed by atoms with van der Waals surface area (Å²) in [6, 6.07) is 11.6. The Hall–Kier alpha value is -1.89. The van der Waals surface area contributed by atoms with Crippen molar-refractivity contribution in [3.8, 4) is 5.75 Å². The van der Waals surface area contributed by atoms with Gasteiger partial charge in [-0.2, -0.15) is 0 Å². The van der Waals surface area contributed by atoms with Crippen molar-refractivity contribution in [3.63, 3.8) is 0 Å². The molecule has 2 atom stereocenters. The van der Waals surface area contributed by atoms with Crippen LogP contribution in [0.3, 0.4) is 0 Å². The minimum absolute atomic E-state index is 0.00850. The van der Waals surface area contributed by atoms with E-state index in [1.54, 1.807) is 11.3 Å². The Kier molecular flexibility index (Phi) is 6.66. The van der Waals surface area contributed by atoms with Gasteiger partial charge in [-0.15, -0.1) is 11.3 Å². The van der Waals surface area contributed by atoms with E-state index in [4.69, 9.17) is 9.47 Å². The summed E-state index contributed by atoms with van der Waals surface area (Å²) in [6.07, 6.45) is 0. The molecular weight excluding hydrogens is 348 g/mol. The van der Waals surface area contributed by atoms with Gasteiger partial charge in [-0.1, -0.05) is 6.07 Å². The van der Waals surface area contributed by atoms with Crippen molar-refractivity contribution in [1.82, 2.24) is 10.2 Å². The molecule has 140 valence electrons. The van der Waals surface area contributed by atoms with Crippen molar-refractivity contribution in [2.24, 2.45) is 0 Å². The first kappa shape index (κ1) is 18.9. The van der Waals surface area contributed by atoms with E-state index in [-0.39, 0.29) is 18.0 Å². The molecule has 1 amide bonds. The minimum Gasteiger partial charge on any atom is -0.494 e. The number of amides is 1. The van der Waals surface area contributed by atoms with E-state index in [1.165, 1.54) is 4.88 Å². The quantitative estimate of drug-likeness (QED) is 0.808. The average molecular weight is 375 g/mol. The topological polar surface area (TPSA) is 50.8 Å². The molecule has 1 aliphatic rings. The van der Waals surface area contributed by atoms with Gasteiger partial charge in [0.1, 0.15) is 5.75 Å². The van der Waals surface area contributed by atoms with Crippen LogP contribution in [0.25, 0.3) is 0 Å². The van der Waals surface area contributed by atoms with Gasteiger partial charge in [0.2, 0.25) is 0 Å². The summed E-state index contributed by atoms with van der Waals surface area (Å²) in [6.45, 7) is 7.87. The molecule has 3 rings (SSSR count). The van der Waals surface area contributed by atoms with Gasteiger partial charge in [0, 0.05) is 29.6 Å². The van der Waals surface area contributed by atoms with Crippen LogP contribution in [0.2, 0.25) is 0 Å². The van der Waals surface area contributed by atoms with Crippen molar-refractivity contribution in [2.75, 3.05) is 32.9 Å². The SMILES string of the molecule is CCOc1ccc(C(=O)N[C@@H](C)[C@H](c2cccs2)N2CCOCC2)cc1. The van der Waals surface area contributed by atoms with Gasteiger partial charge in [-0.25, -0.2) is 0 Å². The maximum atomic E-state index is 12.7. The highest BCUT2D eigenvalue weighted by Crippen LogP contribution is 2.29. The summed E-state index contributed by atoms with van der Waals surface area (Å²) in [5.41, 5.74) is 0.646. The van der Waals surface area contributed by atoms with Crippen LogP contribution in [0.4, 0.5) is 0 Å². The van der Waals surface area contributed by atoms with Gasteiger partial charge in [-0.3, -0.25) is 9.69 Å². The third kappa shape index (κ3) is 4.63. The third-order valence-corrected chi connectivity index (χ3v) is 5.48. The number of carbonyl (C=O) groups excluding carboxylic acids is 1. The van der Waals surface area contributed by atoms with Crippen molar-refractivity contribution in [3.05, 3.63) is 52.2 Å². The number of ether oxygens (including phenoxy) is 2. The average Bonchev–Trinajstić information content (AvgIpc) is 3.18. The van der Waals surface area contributed by atoms with Gasteiger partial charge in [0.05, 0.1) is 25.9 Å². The molecule has 0 spiro atoms. The first-order valence-corrected chi connectivity index (χ1v) is 9.96. The Labute approximate surface area is 158 Å². The molecule has 2 aromatic rings. The molecule has 1 aromatic carbocycles. The minimum atomic E-state index is -0.0598. The van der Waals surface area contributed by atoms with Gasteiger partial charge in [-0.05, 0) is 49.6 Å². The largest absolute Gasteiger partial charge is 0.494 e. The third-order valence-electron chi connectivity index (χ3n) is 4.53. The monoisotopic (exact) mass is 374 g/mol. The number of thiophene rings is 1. The molecular formula is C20H26N2O3S. The van der Waals surface area contributed by atoms with E-state index in [0.29, 0.717) is 12.2 Å². The number of benzene rings is 1. The highest BCUT2D eigenvalue weighted by Gasteiger charge is 2.29. The molecule has 6 heteroatoms. The predicted molar refractivity (Wildman–Crippen MR) is 104 cm³/mol. The summed E-state index contributed by atoms with van der Waals surface area (Å²) in [5, 5.41) is 5.26. The number of nitrogens with zero attached hydrogens (tertiary/aromatic N) is 1. The molecule has 26 heavy (non-hydrogen) atoms. The highest BCUT2D eigenvalue weighted by atomic mass is 32.1. The van der Waals surface area contributed by atoms with Gasteiger partial charge < -0.3 is 14.8 Å². The fraction of sp³-hybridized carbons (Fsp3) is 0.450. The van der Waals surface area contributed by atoms with E-state index in [2.05, 4.69) is 34.7 Å². The van der Waals surface area contributed by atoms with Crippen LogP contribution in [0.15, 0.2) is 41.8 Å². The Bertz CT molecular complexity index is 682. The normalized spacial score (nSPS) is 17.5. The second kappa shape index (κ2) is 9.16. The molecule has 0 radical (unpaired) electrons. The molecule has 2 heterocycles. The van der Waals surface area contributed by atoms with Crippen LogP contribution in [-0.2, 0) is 4.74 Å². The Morgan fingerprint density at radius 2 is 2.00 bits per heavy atom. The second-order valence-electron chi connectivity index (χ2n) is 6.33. The number of hydrogen-bond donors (Lipinski definition) is 1. The fourth-order valence-electron chi connectivity index (χ4n) is 3.30. The fourth-order valence-corrected chi connectivity index (χ4v) is 4.26. The molecule has 0 aliphatic carbocycles. The van der Waals surface area contributed by atoms with Crippen molar-refractivity contribution in [2.45, 2.75) is 25.9 Å². The summed E-state index contributed by atoms with van der Waals surface area (Å²) in [7, 11) is 0. The van der Waals surface area contributed by atoms with Gasteiger partial charge >= 0.3 is 0 Å². The lowest BCUT2D eigenvalue weighted by Crippen LogP contribution is -2.48. The van der Waals surface area contributed by atoms with Crippen LogP contribution in [0.5, 0.6) is 5.75 Å². The van der Waals surface area contributed by atoms with Crippen LogP contribution >= 0.6 is 11.3 Å². The molecule has 0 unspecified atom stereocenters. The number of carbonyl (C=O) groups is 1. The molecule has 1 N–H and O–H groups in total. The van der Waals surface area contributed by atoms with Crippen LogP contribution < -0.4 is 10.1 Å². The second-order valence-corrected chi connectivity index (χ2v) is 7.31. The van der Waals surface area contributed by atoms with E-state index >= 15 is 0 Å². The first-order valence-electron chi connectivity index (χ1n) is 9.08. The molecule has 0 saturated carbocycles. The smallest absolute Gasteiger partial charge is 0.251 e. The van der Waals surface area contributed by atoms with Crippen molar-refractivity contribution in [1.29, 1.82) is 0 Å². The summed E-state index contributed by atoms with van der Waals surface area (Å²) < 4.78 is 10.9. The number of nitrogens with one attached hydrogen (secondary N) is 1. The first-order chi connectivity index (χ1) is 12.7. The van der Waals surface area contributed by atoms with Gasteiger partial charge in [0.15, 0.2) is 0 Å². The molecule has 1 fully saturated rings. The molecule has 1 saturated heterocycles. The number of hydrogen-bond acceptors (Lipinski definition) is 5. The number of rotatable bonds is 7. The molecule has 1 aliphatic heterocycles. The van der Waals surface area contributed by atoms with E-state index in [9.17, 15) is 4.79 Å². The van der Waals surface area contributed by atoms with E-state index in [1.807, 2.05) is 31.2 Å². The lowest BCUT2D eigenvalue weighted by atomic mass is 10.0. The maximum absolute atomic E-state index is 12.7.